The average Bonchev–Trinajstić information content (AvgIpc) is 2.48. The van der Waals surface area contributed by atoms with Crippen molar-refractivity contribution in [2.45, 2.75) is 27.2 Å². The third-order valence-corrected chi connectivity index (χ3v) is 3.18. The summed E-state index contributed by atoms with van der Waals surface area (Å²) in [5.74, 6) is 0. The van der Waals surface area contributed by atoms with Crippen LogP contribution in [-0.4, -0.2) is 4.98 Å². The summed E-state index contributed by atoms with van der Waals surface area (Å²) in [4.78, 5) is 4.81. The fourth-order valence-electron chi connectivity index (χ4n) is 2.15. The quantitative estimate of drug-likeness (QED) is 0.670. The van der Waals surface area contributed by atoms with Gasteiger partial charge in [0.25, 0.3) is 0 Å². The number of nitrogens with zero attached hydrogens (tertiary/aromatic N) is 1. The summed E-state index contributed by atoms with van der Waals surface area (Å²) in [5.41, 5.74) is 5.64. The van der Waals surface area contributed by atoms with Crippen molar-refractivity contribution < 1.29 is 0 Å². The van der Waals surface area contributed by atoms with Crippen LogP contribution in [0.25, 0.3) is 16.8 Å². The van der Waals surface area contributed by atoms with E-state index < -0.39 is 0 Å². The molecule has 20 heavy (non-hydrogen) atoms. The van der Waals surface area contributed by atoms with E-state index in [0.717, 1.165) is 23.4 Å². The number of hydrogen-bond donors (Lipinski definition) is 0. The van der Waals surface area contributed by atoms with Crippen LogP contribution in [0.2, 0.25) is 0 Å². The number of aryl methyl sites for hydroxylation is 1. The molecule has 0 radical (unpaired) electrons. The SMILES string of the molecule is C/C=C(\C=C/CC)c1cc(C)cc(-c2ccccc2)n1. The Morgan fingerprint density at radius 2 is 1.90 bits per heavy atom. The highest BCUT2D eigenvalue weighted by molar-refractivity contribution is 5.73. The van der Waals surface area contributed by atoms with Gasteiger partial charge in [0.05, 0.1) is 11.4 Å². The normalized spacial score (nSPS) is 12.1. The molecule has 102 valence electrons. The summed E-state index contributed by atoms with van der Waals surface area (Å²) in [7, 11) is 0. The lowest BCUT2D eigenvalue weighted by atomic mass is 10.0. The van der Waals surface area contributed by atoms with Crippen molar-refractivity contribution in [3.63, 3.8) is 0 Å². The summed E-state index contributed by atoms with van der Waals surface area (Å²) >= 11 is 0. The van der Waals surface area contributed by atoms with Gasteiger partial charge in [-0.3, -0.25) is 0 Å². The molecule has 0 saturated carbocycles. The molecule has 0 atom stereocenters. The lowest BCUT2D eigenvalue weighted by Gasteiger charge is -2.08. The number of pyridine rings is 1. The number of hydrogen-bond acceptors (Lipinski definition) is 1. The molecule has 0 aliphatic heterocycles. The summed E-state index contributed by atoms with van der Waals surface area (Å²) in [6, 6.07) is 14.6. The highest BCUT2D eigenvalue weighted by atomic mass is 14.7. The summed E-state index contributed by atoms with van der Waals surface area (Å²) in [6.07, 6.45) is 7.47. The average molecular weight is 263 g/mol. The zero-order valence-electron chi connectivity index (χ0n) is 12.4. The van der Waals surface area contributed by atoms with Crippen LogP contribution in [0.4, 0.5) is 0 Å². The Kier molecular flexibility index (Phi) is 4.89. The number of benzene rings is 1. The molecule has 0 aliphatic rings. The standard InChI is InChI=1S/C19H21N/c1-4-6-10-16(5-2)18-13-15(3)14-19(20-18)17-11-8-7-9-12-17/h5-14H,4H2,1-3H3/b10-6-,16-5+. The summed E-state index contributed by atoms with van der Waals surface area (Å²) in [5, 5.41) is 0. The molecule has 0 amide bonds. The van der Waals surface area contributed by atoms with Crippen LogP contribution in [-0.2, 0) is 0 Å². The zero-order valence-corrected chi connectivity index (χ0v) is 12.4. The highest BCUT2D eigenvalue weighted by Crippen LogP contribution is 2.22. The number of allylic oxidation sites excluding steroid dienone is 4. The van der Waals surface area contributed by atoms with Gasteiger partial charge < -0.3 is 0 Å². The van der Waals surface area contributed by atoms with E-state index in [4.69, 9.17) is 4.98 Å². The smallest absolute Gasteiger partial charge is 0.0712 e. The molecule has 0 unspecified atom stereocenters. The molecule has 0 N–H and O–H groups in total. The summed E-state index contributed by atoms with van der Waals surface area (Å²) < 4.78 is 0. The first-order chi connectivity index (χ1) is 9.74. The van der Waals surface area contributed by atoms with Crippen molar-refractivity contribution in [3.05, 3.63) is 72.0 Å². The van der Waals surface area contributed by atoms with E-state index in [1.54, 1.807) is 0 Å². The Balaban J connectivity index is 2.46. The molecule has 2 aromatic rings. The number of aromatic nitrogens is 1. The second-order valence-corrected chi connectivity index (χ2v) is 4.84. The van der Waals surface area contributed by atoms with Gasteiger partial charge >= 0.3 is 0 Å². The van der Waals surface area contributed by atoms with Crippen LogP contribution in [0.1, 0.15) is 31.5 Å². The van der Waals surface area contributed by atoms with Crippen molar-refractivity contribution in [1.82, 2.24) is 4.98 Å². The Hall–Kier alpha value is -2.15. The molecular weight excluding hydrogens is 242 g/mol. The second kappa shape index (κ2) is 6.85. The van der Waals surface area contributed by atoms with Gasteiger partial charge in [-0.2, -0.15) is 0 Å². The molecule has 0 bridgehead atoms. The molecule has 1 aromatic carbocycles. The van der Waals surface area contributed by atoms with E-state index >= 15 is 0 Å². The topological polar surface area (TPSA) is 12.9 Å². The van der Waals surface area contributed by atoms with Crippen molar-refractivity contribution >= 4 is 5.57 Å². The number of rotatable bonds is 4. The largest absolute Gasteiger partial charge is 0.248 e. The predicted octanol–water partition coefficient (Wildman–Crippen LogP) is 5.43. The lowest BCUT2D eigenvalue weighted by molar-refractivity contribution is 1.21. The van der Waals surface area contributed by atoms with Gasteiger partial charge in [0.1, 0.15) is 0 Å². The predicted molar refractivity (Wildman–Crippen MR) is 87.5 cm³/mol. The first-order valence-corrected chi connectivity index (χ1v) is 7.12. The summed E-state index contributed by atoms with van der Waals surface area (Å²) in [6.45, 7) is 6.32. The molecule has 2 rings (SSSR count). The molecule has 1 heterocycles. The fourth-order valence-corrected chi connectivity index (χ4v) is 2.15. The molecule has 1 nitrogen and oxygen atoms in total. The Morgan fingerprint density at radius 3 is 2.55 bits per heavy atom. The van der Waals surface area contributed by atoms with E-state index in [1.165, 1.54) is 11.1 Å². The molecule has 1 heteroatoms. The van der Waals surface area contributed by atoms with Crippen LogP contribution in [0, 0.1) is 6.92 Å². The minimum atomic E-state index is 1.03. The van der Waals surface area contributed by atoms with Gasteiger partial charge in [-0.1, -0.05) is 55.5 Å². The molecule has 0 saturated heterocycles. The van der Waals surface area contributed by atoms with E-state index in [2.05, 4.69) is 63.3 Å². The third kappa shape index (κ3) is 3.45. The Labute approximate surface area is 121 Å². The van der Waals surface area contributed by atoms with Gasteiger partial charge in [0.2, 0.25) is 0 Å². The van der Waals surface area contributed by atoms with Crippen LogP contribution >= 0.6 is 0 Å². The molecule has 0 aliphatic carbocycles. The molecule has 0 spiro atoms. The highest BCUT2D eigenvalue weighted by Gasteiger charge is 2.05. The first-order valence-electron chi connectivity index (χ1n) is 7.12. The minimum Gasteiger partial charge on any atom is -0.248 e. The van der Waals surface area contributed by atoms with E-state index in [-0.39, 0.29) is 0 Å². The lowest BCUT2D eigenvalue weighted by Crippen LogP contribution is -1.92. The maximum absolute atomic E-state index is 4.81. The van der Waals surface area contributed by atoms with Crippen molar-refractivity contribution in [2.75, 3.05) is 0 Å². The Morgan fingerprint density at radius 1 is 1.15 bits per heavy atom. The second-order valence-electron chi connectivity index (χ2n) is 4.84. The van der Waals surface area contributed by atoms with Crippen LogP contribution in [0.5, 0.6) is 0 Å². The van der Waals surface area contributed by atoms with Gasteiger partial charge in [0.15, 0.2) is 0 Å². The van der Waals surface area contributed by atoms with E-state index in [1.807, 2.05) is 18.2 Å². The Bertz CT molecular complexity index is 621. The monoisotopic (exact) mass is 263 g/mol. The van der Waals surface area contributed by atoms with Gasteiger partial charge in [-0.25, -0.2) is 4.98 Å². The zero-order chi connectivity index (χ0) is 14.4. The van der Waals surface area contributed by atoms with E-state index in [9.17, 15) is 0 Å². The maximum Gasteiger partial charge on any atom is 0.0712 e. The van der Waals surface area contributed by atoms with Crippen molar-refractivity contribution in [3.8, 4) is 11.3 Å². The maximum atomic E-state index is 4.81. The van der Waals surface area contributed by atoms with E-state index in [0.29, 0.717) is 0 Å². The molecule has 0 fully saturated rings. The van der Waals surface area contributed by atoms with Crippen LogP contribution in [0.15, 0.2) is 60.7 Å². The third-order valence-electron chi connectivity index (χ3n) is 3.18. The van der Waals surface area contributed by atoms with Crippen molar-refractivity contribution in [2.24, 2.45) is 0 Å². The first kappa shape index (κ1) is 14.3. The van der Waals surface area contributed by atoms with Crippen LogP contribution < -0.4 is 0 Å². The molecule has 1 aromatic heterocycles. The van der Waals surface area contributed by atoms with Gasteiger partial charge in [0, 0.05) is 5.56 Å². The van der Waals surface area contributed by atoms with Crippen LogP contribution in [0.3, 0.4) is 0 Å². The van der Waals surface area contributed by atoms with Crippen molar-refractivity contribution in [1.29, 1.82) is 0 Å². The van der Waals surface area contributed by atoms with Gasteiger partial charge in [-0.15, -0.1) is 0 Å². The van der Waals surface area contributed by atoms with Gasteiger partial charge in [-0.05, 0) is 43.5 Å². The minimum absolute atomic E-state index is 1.03. The molecular formula is C19H21N. The fraction of sp³-hybridized carbons (Fsp3) is 0.211.